The molecule has 1 unspecified atom stereocenters. The Morgan fingerprint density at radius 3 is 2.59 bits per heavy atom. The van der Waals surface area contributed by atoms with Crippen LogP contribution in [0, 0.1) is 0 Å². The summed E-state index contributed by atoms with van der Waals surface area (Å²) in [5.74, 6) is 0.518. The molecule has 1 aliphatic rings. The molecular formula is C22H19N5OS. The van der Waals surface area contributed by atoms with E-state index in [4.69, 9.17) is 0 Å². The fourth-order valence-electron chi connectivity index (χ4n) is 3.80. The molecule has 0 radical (unpaired) electrons. The summed E-state index contributed by atoms with van der Waals surface area (Å²) in [6, 6.07) is 21.9. The van der Waals surface area contributed by atoms with Crippen LogP contribution in [0.1, 0.15) is 22.0 Å². The number of thiophene rings is 1. The van der Waals surface area contributed by atoms with E-state index in [9.17, 15) is 4.79 Å². The van der Waals surface area contributed by atoms with Gasteiger partial charge in [-0.15, -0.1) is 21.5 Å². The van der Waals surface area contributed by atoms with Crippen molar-refractivity contribution in [3.8, 4) is 11.4 Å². The number of amides is 1. The van der Waals surface area contributed by atoms with Gasteiger partial charge in [-0.3, -0.25) is 4.79 Å². The summed E-state index contributed by atoms with van der Waals surface area (Å²) in [6.07, 6.45) is 0.877. The Morgan fingerprint density at radius 2 is 1.79 bits per heavy atom. The number of aromatic nitrogens is 4. The van der Waals surface area contributed by atoms with Gasteiger partial charge in [-0.25, -0.2) is 0 Å². The van der Waals surface area contributed by atoms with E-state index in [1.165, 1.54) is 15.2 Å². The number of hydrogen-bond donors (Lipinski definition) is 0. The van der Waals surface area contributed by atoms with E-state index in [2.05, 4.69) is 39.0 Å². The quantitative estimate of drug-likeness (QED) is 0.524. The average Bonchev–Trinajstić information content (AvgIpc) is 3.43. The smallest absolute Gasteiger partial charge is 0.247 e. The van der Waals surface area contributed by atoms with Gasteiger partial charge in [0.2, 0.25) is 11.7 Å². The molecule has 1 aliphatic heterocycles. The van der Waals surface area contributed by atoms with Crippen LogP contribution in [0.5, 0.6) is 0 Å². The lowest BCUT2D eigenvalue weighted by Gasteiger charge is -2.36. The zero-order chi connectivity index (χ0) is 19.6. The Kier molecular flexibility index (Phi) is 4.65. The third kappa shape index (κ3) is 3.45. The SMILES string of the molecule is O=C(Cn1nnc(-c2ccccc2)n1)N1CCc2sccc2C1c1ccccc1. The molecule has 144 valence electrons. The summed E-state index contributed by atoms with van der Waals surface area (Å²) >= 11 is 1.76. The van der Waals surface area contributed by atoms with E-state index < -0.39 is 0 Å². The van der Waals surface area contributed by atoms with E-state index in [0.29, 0.717) is 12.4 Å². The summed E-state index contributed by atoms with van der Waals surface area (Å²) in [5, 5.41) is 14.7. The molecule has 1 amide bonds. The van der Waals surface area contributed by atoms with Crippen LogP contribution in [0.2, 0.25) is 0 Å². The molecule has 0 aliphatic carbocycles. The predicted octanol–water partition coefficient (Wildman–Crippen LogP) is 3.58. The van der Waals surface area contributed by atoms with Gasteiger partial charge in [0.05, 0.1) is 6.04 Å². The van der Waals surface area contributed by atoms with Crippen LogP contribution in [0.15, 0.2) is 72.1 Å². The van der Waals surface area contributed by atoms with Crippen molar-refractivity contribution in [1.82, 2.24) is 25.1 Å². The van der Waals surface area contributed by atoms with Gasteiger partial charge in [-0.2, -0.15) is 4.80 Å². The van der Waals surface area contributed by atoms with E-state index in [1.807, 2.05) is 53.4 Å². The van der Waals surface area contributed by atoms with Crippen LogP contribution >= 0.6 is 11.3 Å². The van der Waals surface area contributed by atoms with Gasteiger partial charge in [0.15, 0.2) is 0 Å². The maximum Gasteiger partial charge on any atom is 0.247 e. The highest BCUT2D eigenvalue weighted by atomic mass is 32.1. The van der Waals surface area contributed by atoms with Crippen molar-refractivity contribution in [2.75, 3.05) is 6.54 Å². The zero-order valence-corrected chi connectivity index (χ0v) is 16.5. The first-order valence-electron chi connectivity index (χ1n) is 9.53. The molecule has 7 heteroatoms. The highest BCUT2D eigenvalue weighted by Crippen LogP contribution is 2.37. The van der Waals surface area contributed by atoms with Crippen molar-refractivity contribution in [2.24, 2.45) is 0 Å². The summed E-state index contributed by atoms with van der Waals surface area (Å²) in [7, 11) is 0. The highest BCUT2D eigenvalue weighted by molar-refractivity contribution is 7.10. The zero-order valence-electron chi connectivity index (χ0n) is 15.7. The number of tetrazole rings is 1. The van der Waals surface area contributed by atoms with Gasteiger partial charge in [0, 0.05) is 17.0 Å². The van der Waals surface area contributed by atoms with E-state index in [-0.39, 0.29) is 18.5 Å². The Balaban J connectivity index is 1.41. The standard InChI is InChI=1S/C22H19N5OS/c28-20(15-27-24-22(23-25-27)17-9-5-2-6-10-17)26-13-11-19-18(12-14-29-19)21(26)16-7-3-1-4-8-16/h1-10,12,14,21H,11,13,15H2. The van der Waals surface area contributed by atoms with Crippen molar-refractivity contribution >= 4 is 17.2 Å². The van der Waals surface area contributed by atoms with Crippen molar-refractivity contribution < 1.29 is 4.79 Å². The van der Waals surface area contributed by atoms with Gasteiger partial charge in [0.1, 0.15) is 6.54 Å². The first-order valence-corrected chi connectivity index (χ1v) is 10.4. The second-order valence-corrected chi connectivity index (χ2v) is 7.96. The van der Waals surface area contributed by atoms with Crippen molar-refractivity contribution in [3.63, 3.8) is 0 Å². The van der Waals surface area contributed by atoms with Crippen LogP contribution < -0.4 is 0 Å². The minimum absolute atomic E-state index is 0.00675. The third-order valence-electron chi connectivity index (χ3n) is 5.16. The first kappa shape index (κ1) is 17.8. The molecule has 4 aromatic rings. The van der Waals surface area contributed by atoms with Crippen LogP contribution in [0.25, 0.3) is 11.4 Å². The number of hydrogen-bond acceptors (Lipinski definition) is 5. The molecule has 29 heavy (non-hydrogen) atoms. The Morgan fingerprint density at radius 1 is 1.03 bits per heavy atom. The maximum atomic E-state index is 13.2. The van der Waals surface area contributed by atoms with Crippen LogP contribution in [0.3, 0.4) is 0 Å². The average molecular weight is 401 g/mol. The molecule has 5 rings (SSSR count). The van der Waals surface area contributed by atoms with Crippen LogP contribution in [-0.2, 0) is 17.8 Å². The molecule has 0 N–H and O–H groups in total. The molecule has 0 bridgehead atoms. The normalized spacial score (nSPS) is 15.9. The Hall–Kier alpha value is -3.32. The summed E-state index contributed by atoms with van der Waals surface area (Å²) < 4.78 is 0. The second kappa shape index (κ2) is 7.60. The molecule has 0 spiro atoms. The lowest BCUT2D eigenvalue weighted by molar-refractivity contribution is -0.134. The maximum absolute atomic E-state index is 13.2. The second-order valence-electron chi connectivity index (χ2n) is 6.96. The predicted molar refractivity (Wildman–Crippen MR) is 111 cm³/mol. The van der Waals surface area contributed by atoms with Gasteiger partial charge in [0.25, 0.3) is 0 Å². The molecule has 6 nitrogen and oxygen atoms in total. The van der Waals surface area contributed by atoms with Gasteiger partial charge in [-0.1, -0.05) is 60.7 Å². The molecule has 0 saturated carbocycles. The first-order chi connectivity index (χ1) is 14.3. The van der Waals surface area contributed by atoms with Crippen LogP contribution in [-0.4, -0.2) is 37.6 Å². The summed E-state index contributed by atoms with van der Waals surface area (Å²) in [4.78, 5) is 17.9. The fourth-order valence-corrected chi connectivity index (χ4v) is 4.71. The Labute approximate surface area is 172 Å². The summed E-state index contributed by atoms with van der Waals surface area (Å²) in [6.45, 7) is 0.759. The van der Waals surface area contributed by atoms with Gasteiger partial charge >= 0.3 is 0 Å². The number of carbonyl (C=O) groups is 1. The molecule has 2 aromatic heterocycles. The molecule has 1 atom stereocenters. The number of rotatable bonds is 4. The van der Waals surface area contributed by atoms with Crippen molar-refractivity contribution in [3.05, 3.63) is 88.1 Å². The number of benzene rings is 2. The number of fused-ring (bicyclic) bond motifs is 1. The lowest BCUT2D eigenvalue weighted by Crippen LogP contribution is -2.42. The topological polar surface area (TPSA) is 63.9 Å². The van der Waals surface area contributed by atoms with E-state index >= 15 is 0 Å². The number of carbonyl (C=O) groups excluding carboxylic acids is 1. The van der Waals surface area contributed by atoms with Crippen LogP contribution in [0.4, 0.5) is 0 Å². The van der Waals surface area contributed by atoms with E-state index in [0.717, 1.165) is 17.5 Å². The lowest BCUT2D eigenvalue weighted by atomic mass is 9.93. The summed E-state index contributed by atoms with van der Waals surface area (Å²) in [5.41, 5.74) is 3.23. The van der Waals surface area contributed by atoms with E-state index in [1.54, 1.807) is 11.3 Å². The molecule has 3 heterocycles. The number of nitrogens with zero attached hydrogens (tertiary/aromatic N) is 5. The van der Waals surface area contributed by atoms with Gasteiger partial charge < -0.3 is 4.90 Å². The third-order valence-corrected chi connectivity index (χ3v) is 6.16. The largest absolute Gasteiger partial charge is 0.329 e. The van der Waals surface area contributed by atoms with Crippen molar-refractivity contribution in [1.29, 1.82) is 0 Å². The molecular weight excluding hydrogens is 382 g/mol. The molecule has 0 saturated heterocycles. The highest BCUT2D eigenvalue weighted by Gasteiger charge is 2.33. The van der Waals surface area contributed by atoms with Crippen molar-refractivity contribution in [2.45, 2.75) is 19.0 Å². The monoisotopic (exact) mass is 401 g/mol. The molecule has 2 aromatic carbocycles. The minimum atomic E-state index is -0.0733. The Bertz CT molecular complexity index is 1120. The molecule has 0 fully saturated rings. The minimum Gasteiger partial charge on any atom is -0.329 e. The van der Waals surface area contributed by atoms with Gasteiger partial charge in [-0.05, 0) is 34.2 Å². The fraction of sp³-hybridized carbons (Fsp3) is 0.182.